The van der Waals surface area contributed by atoms with Gasteiger partial charge in [-0.3, -0.25) is 0 Å². The summed E-state index contributed by atoms with van der Waals surface area (Å²) in [4.78, 5) is 7.68. The second kappa shape index (κ2) is 5.77. The predicted molar refractivity (Wildman–Crippen MR) is 76.5 cm³/mol. The summed E-state index contributed by atoms with van der Waals surface area (Å²) in [7, 11) is 2.12. The minimum atomic E-state index is 0.449. The standard InChI is InChI=1S/C12H18Cl2N2S/c1-8-5-3-4-6-9(8)16(2)12-15-11(14)10(7-13)17-12/h8-9H,3-7H2,1-2H3. The van der Waals surface area contributed by atoms with E-state index in [9.17, 15) is 0 Å². The fraction of sp³-hybridized carbons (Fsp3) is 0.750. The molecule has 1 heterocycles. The van der Waals surface area contributed by atoms with Crippen LogP contribution in [0.3, 0.4) is 0 Å². The number of hydrogen-bond donors (Lipinski definition) is 0. The third-order valence-corrected chi connectivity index (χ3v) is 5.62. The maximum Gasteiger partial charge on any atom is 0.187 e. The van der Waals surface area contributed by atoms with Gasteiger partial charge in [-0.25, -0.2) is 4.98 Å². The highest BCUT2D eigenvalue weighted by Crippen LogP contribution is 2.35. The number of anilines is 1. The van der Waals surface area contributed by atoms with Gasteiger partial charge in [0.15, 0.2) is 5.13 Å². The summed E-state index contributed by atoms with van der Waals surface area (Å²) in [6.45, 7) is 2.33. The molecular weight excluding hydrogens is 275 g/mol. The molecule has 2 nitrogen and oxygen atoms in total. The topological polar surface area (TPSA) is 16.1 Å². The molecule has 96 valence electrons. The number of thiazole rings is 1. The Bertz CT molecular complexity index is 381. The van der Waals surface area contributed by atoms with Gasteiger partial charge in [0, 0.05) is 13.1 Å². The minimum Gasteiger partial charge on any atom is -0.348 e. The van der Waals surface area contributed by atoms with Crippen molar-refractivity contribution < 1.29 is 0 Å². The Morgan fingerprint density at radius 2 is 2.12 bits per heavy atom. The molecule has 2 atom stereocenters. The molecule has 1 aliphatic carbocycles. The van der Waals surface area contributed by atoms with Gasteiger partial charge in [-0.05, 0) is 18.8 Å². The lowest BCUT2D eigenvalue weighted by Gasteiger charge is -2.36. The first-order chi connectivity index (χ1) is 8.13. The Kier molecular flexibility index (Phi) is 4.56. The molecule has 1 saturated carbocycles. The number of alkyl halides is 1. The lowest BCUT2D eigenvalue weighted by Crippen LogP contribution is -2.38. The first-order valence-electron chi connectivity index (χ1n) is 6.07. The summed E-state index contributed by atoms with van der Waals surface area (Å²) in [5.41, 5.74) is 0. The Balaban J connectivity index is 2.14. The van der Waals surface area contributed by atoms with Gasteiger partial charge < -0.3 is 4.90 Å². The van der Waals surface area contributed by atoms with Gasteiger partial charge in [0.1, 0.15) is 5.15 Å². The molecule has 0 saturated heterocycles. The highest BCUT2D eigenvalue weighted by Gasteiger charge is 2.27. The van der Waals surface area contributed by atoms with Crippen LogP contribution in [0, 0.1) is 5.92 Å². The van der Waals surface area contributed by atoms with Crippen LogP contribution in [0.15, 0.2) is 0 Å². The van der Waals surface area contributed by atoms with Gasteiger partial charge in [-0.1, -0.05) is 42.7 Å². The Morgan fingerprint density at radius 1 is 1.41 bits per heavy atom. The summed E-state index contributed by atoms with van der Waals surface area (Å²) >= 11 is 13.5. The van der Waals surface area contributed by atoms with Gasteiger partial charge in [0.2, 0.25) is 0 Å². The molecule has 0 aliphatic heterocycles. The zero-order valence-corrected chi connectivity index (χ0v) is 12.6. The van der Waals surface area contributed by atoms with E-state index in [4.69, 9.17) is 23.2 Å². The normalized spacial score (nSPS) is 24.9. The Morgan fingerprint density at radius 3 is 2.71 bits per heavy atom. The summed E-state index contributed by atoms with van der Waals surface area (Å²) in [6.07, 6.45) is 5.25. The minimum absolute atomic E-state index is 0.449. The van der Waals surface area contributed by atoms with E-state index >= 15 is 0 Å². The molecule has 0 radical (unpaired) electrons. The van der Waals surface area contributed by atoms with E-state index in [0.29, 0.717) is 17.1 Å². The first-order valence-corrected chi connectivity index (χ1v) is 7.80. The highest BCUT2D eigenvalue weighted by molar-refractivity contribution is 7.16. The molecule has 17 heavy (non-hydrogen) atoms. The SMILES string of the molecule is CC1CCCCC1N(C)c1nc(Cl)c(CCl)s1. The molecule has 0 aromatic carbocycles. The van der Waals surface area contributed by atoms with Gasteiger partial charge in [-0.15, -0.1) is 11.6 Å². The molecule has 5 heteroatoms. The predicted octanol–water partition coefficient (Wildman–Crippen LogP) is 4.55. The van der Waals surface area contributed by atoms with Crippen LogP contribution in [0.1, 0.15) is 37.5 Å². The molecule has 0 N–H and O–H groups in total. The van der Waals surface area contributed by atoms with Gasteiger partial charge >= 0.3 is 0 Å². The van der Waals surface area contributed by atoms with Crippen molar-refractivity contribution in [3.8, 4) is 0 Å². The van der Waals surface area contributed by atoms with E-state index in [1.165, 1.54) is 25.7 Å². The highest BCUT2D eigenvalue weighted by atomic mass is 35.5. The van der Waals surface area contributed by atoms with Crippen LogP contribution in [-0.2, 0) is 5.88 Å². The molecule has 0 amide bonds. The lowest BCUT2D eigenvalue weighted by atomic mass is 9.85. The molecule has 0 spiro atoms. The van der Waals surface area contributed by atoms with E-state index in [0.717, 1.165) is 15.9 Å². The van der Waals surface area contributed by atoms with Crippen molar-refractivity contribution in [3.05, 3.63) is 10.0 Å². The molecule has 1 fully saturated rings. The average Bonchev–Trinajstić information content (AvgIpc) is 2.70. The quantitative estimate of drug-likeness (QED) is 0.760. The monoisotopic (exact) mass is 292 g/mol. The number of rotatable bonds is 3. The Labute approximate surface area is 117 Å². The Hall–Kier alpha value is 0.01000. The molecule has 1 aliphatic rings. The van der Waals surface area contributed by atoms with E-state index in [1.54, 1.807) is 11.3 Å². The first kappa shape index (κ1) is 13.4. The van der Waals surface area contributed by atoms with Crippen LogP contribution < -0.4 is 4.90 Å². The number of aromatic nitrogens is 1. The molecule has 0 bridgehead atoms. The fourth-order valence-electron chi connectivity index (χ4n) is 2.57. The summed E-state index contributed by atoms with van der Waals surface area (Å²) < 4.78 is 0. The maximum atomic E-state index is 6.05. The van der Waals surface area contributed by atoms with E-state index < -0.39 is 0 Å². The molecular formula is C12H18Cl2N2S. The van der Waals surface area contributed by atoms with Gasteiger partial charge in [0.25, 0.3) is 0 Å². The summed E-state index contributed by atoms with van der Waals surface area (Å²) in [5, 5.41) is 1.57. The van der Waals surface area contributed by atoms with Crippen molar-refractivity contribution >= 4 is 39.7 Å². The average molecular weight is 293 g/mol. The van der Waals surface area contributed by atoms with Crippen LogP contribution in [0.25, 0.3) is 0 Å². The molecule has 1 aromatic rings. The van der Waals surface area contributed by atoms with Crippen molar-refractivity contribution in [2.75, 3.05) is 11.9 Å². The fourth-order valence-corrected chi connectivity index (χ4v) is 4.06. The van der Waals surface area contributed by atoms with Crippen molar-refractivity contribution in [1.29, 1.82) is 0 Å². The molecule has 2 unspecified atom stereocenters. The van der Waals surface area contributed by atoms with Crippen LogP contribution in [0.2, 0.25) is 5.15 Å². The lowest BCUT2D eigenvalue weighted by molar-refractivity contribution is 0.321. The molecule has 1 aromatic heterocycles. The summed E-state index contributed by atoms with van der Waals surface area (Å²) in [5.74, 6) is 1.18. The van der Waals surface area contributed by atoms with Crippen molar-refractivity contribution in [3.63, 3.8) is 0 Å². The number of nitrogens with zero attached hydrogens (tertiary/aromatic N) is 2. The van der Waals surface area contributed by atoms with Gasteiger partial charge in [-0.2, -0.15) is 0 Å². The smallest absolute Gasteiger partial charge is 0.187 e. The van der Waals surface area contributed by atoms with Crippen LogP contribution in [0.5, 0.6) is 0 Å². The maximum absolute atomic E-state index is 6.05. The van der Waals surface area contributed by atoms with E-state index in [2.05, 4.69) is 23.9 Å². The second-order valence-corrected chi connectivity index (χ2v) is 6.47. The van der Waals surface area contributed by atoms with Crippen LogP contribution >= 0.6 is 34.5 Å². The second-order valence-electron chi connectivity index (χ2n) is 4.78. The van der Waals surface area contributed by atoms with E-state index in [-0.39, 0.29) is 0 Å². The number of hydrogen-bond acceptors (Lipinski definition) is 3. The van der Waals surface area contributed by atoms with E-state index in [1.807, 2.05) is 0 Å². The van der Waals surface area contributed by atoms with Crippen molar-refractivity contribution in [1.82, 2.24) is 4.98 Å². The van der Waals surface area contributed by atoms with Crippen LogP contribution in [0.4, 0.5) is 5.13 Å². The van der Waals surface area contributed by atoms with Crippen molar-refractivity contribution in [2.45, 2.75) is 44.5 Å². The zero-order valence-electron chi connectivity index (χ0n) is 10.2. The largest absolute Gasteiger partial charge is 0.348 e. The van der Waals surface area contributed by atoms with Crippen molar-refractivity contribution in [2.24, 2.45) is 5.92 Å². The molecule has 2 rings (SSSR count). The summed E-state index contributed by atoms with van der Waals surface area (Å²) in [6, 6.07) is 0.592. The third-order valence-electron chi connectivity index (χ3n) is 3.63. The zero-order chi connectivity index (χ0) is 12.4. The third kappa shape index (κ3) is 2.88. The van der Waals surface area contributed by atoms with Gasteiger partial charge in [0.05, 0.1) is 10.8 Å². The van der Waals surface area contributed by atoms with Crippen LogP contribution in [-0.4, -0.2) is 18.1 Å². The number of halogens is 2.